The SMILES string of the molecule is O=S(=O)(NCc1cc2n(n1)CCCNC2)c1cc(Cl)c(Cl)s1. The van der Waals surface area contributed by atoms with E-state index in [1.807, 2.05) is 10.7 Å². The van der Waals surface area contributed by atoms with Crippen molar-refractivity contribution in [1.29, 1.82) is 0 Å². The number of hydrogen-bond donors (Lipinski definition) is 2. The molecule has 6 nitrogen and oxygen atoms in total. The van der Waals surface area contributed by atoms with Crippen LogP contribution in [0.5, 0.6) is 0 Å². The predicted molar refractivity (Wildman–Crippen MR) is 86.9 cm³/mol. The maximum absolute atomic E-state index is 12.2. The third-order valence-electron chi connectivity index (χ3n) is 3.27. The van der Waals surface area contributed by atoms with Crippen LogP contribution in [0.4, 0.5) is 0 Å². The minimum Gasteiger partial charge on any atom is -0.311 e. The molecule has 0 fully saturated rings. The number of halogens is 2. The lowest BCUT2D eigenvalue weighted by Crippen LogP contribution is -2.22. The Kier molecular flexibility index (Phi) is 4.77. The molecule has 10 heteroatoms. The van der Waals surface area contributed by atoms with Crippen LogP contribution in [-0.2, 0) is 29.7 Å². The molecule has 2 aromatic rings. The van der Waals surface area contributed by atoms with Crippen LogP contribution in [0, 0.1) is 0 Å². The Bertz CT molecular complexity index is 742. The third-order valence-corrected chi connectivity index (χ3v) is 7.01. The summed E-state index contributed by atoms with van der Waals surface area (Å²) in [5.41, 5.74) is 1.75. The van der Waals surface area contributed by atoms with Crippen LogP contribution in [0.25, 0.3) is 0 Å². The molecule has 0 amide bonds. The second kappa shape index (κ2) is 6.46. The Labute approximate surface area is 142 Å². The van der Waals surface area contributed by atoms with E-state index in [1.165, 1.54) is 6.07 Å². The molecule has 0 bridgehead atoms. The van der Waals surface area contributed by atoms with Gasteiger partial charge in [-0.3, -0.25) is 4.68 Å². The predicted octanol–water partition coefficient (Wildman–Crippen LogP) is 2.22. The van der Waals surface area contributed by atoms with Crippen LogP contribution in [-0.4, -0.2) is 24.7 Å². The summed E-state index contributed by atoms with van der Waals surface area (Å²) in [6, 6.07) is 3.26. The number of thiophene rings is 1. The number of fused-ring (bicyclic) bond motifs is 1. The van der Waals surface area contributed by atoms with Gasteiger partial charge in [-0.15, -0.1) is 11.3 Å². The molecule has 0 aromatic carbocycles. The second-order valence-corrected chi connectivity index (χ2v) is 8.95. The van der Waals surface area contributed by atoms with Crippen molar-refractivity contribution in [2.45, 2.75) is 30.3 Å². The van der Waals surface area contributed by atoms with Crippen molar-refractivity contribution in [3.05, 3.63) is 32.9 Å². The van der Waals surface area contributed by atoms with Gasteiger partial charge in [0.1, 0.15) is 8.55 Å². The van der Waals surface area contributed by atoms with E-state index in [2.05, 4.69) is 15.1 Å². The molecular formula is C12H14Cl2N4O2S2. The molecule has 2 aromatic heterocycles. The molecule has 22 heavy (non-hydrogen) atoms. The highest BCUT2D eigenvalue weighted by molar-refractivity contribution is 7.91. The van der Waals surface area contributed by atoms with Gasteiger partial charge in [-0.25, -0.2) is 13.1 Å². The average molecular weight is 381 g/mol. The van der Waals surface area contributed by atoms with Gasteiger partial charge >= 0.3 is 0 Å². The molecule has 0 aliphatic carbocycles. The largest absolute Gasteiger partial charge is 0.311 e. The number of rotatable bonds is 4. The van der Waals surface area contributed by atoms with E-state index in [-0.39, 0.29) is 20.1 Å². The van der Waals surface area contributed by atoms with Gasteiger partial charge in [0.15, 0.2) is 0 Å². The Balaban J connectivity index is 1.72. The standard InChI is InChI=1S/C12H14Cl2N4O2S2/c13-10-5-11(21-12(10)14)22(19,20)16-6-8-4-9-7-15-2-1-3-18(9)17-8/h4-5,15-16H,1-3,6-7H2. The summed E-state index contributed by atoms with van der Waals surface area (Å²) >= 11 is 12.5. The Hall–Kier alpha value is -0.640. The maximum atomic E-state index is 12.2. The van der Waals surface area contributed by atoms with Gasteiger partial charge in [0.25, 0.3) is 10.0 Å². The topological polar surface area (TPSA) is 76.0 Å². The fourth-order valence-corrected chi connectivity index (χ4v) is 5.13. The van der Waals surface area contributed by atoms with Crippen LogP contribution in [0.3, 0.4) is 0 Å². The molecule has 120 valence electrons. The molecular weight excluding hydrogens is 367 g/mol. The first-order valence-corrected chi connectivity index (χ1v) is 9.72. The summed E-state index contributed by atoms with van der Waals surface area (Å²) in [5, 5.41) is 7.97. The van der Waals surface area contributed by atoms with E-state index in [0.717, 1.165) is 43.1 Å². The molecule has 1 aliphatic heterocycles. The maximum Gasteiger partial charge on any atom is 0.250 e. The van der Waals surface area contributed by atoms with E-state index in [9.17, 15) is 8.42 Å². The van der Waals surface area contributed by atoms with Crippen LogP contribution < -0.4 is 10.0 Å². The monoisotopic (exact) mass is 380 g/mol. The fraction of sp³-hybridized carbons (Fsp3) is 0.417. The molecule has 2 N–H and O–H groups in total. The molecule has 1 aliphatic rings. The minimum atomic E-state index is -3.63. The number of hydrogen-bond acceptors (Lipinski definition) is 5. The van der Waals surface area contributed by atoms with Gasteiger partial charge in [-0.1, -0.05) is 23.2 Å². The van der Waals surface area contributed by atoms with E-state index < -0.39 is 10.0 Å². The first-order chi connectivity index (χ1) is 10.5. The summed E-state index contributed by atoms with van der Waals surface area (Å²) < 4.78 is 29.2. The van der Waals surface area contributed by atoms with Crippen molar-refractivity contribution in [2.24, 2.45) is 0 Å². The summed E-state index contributed by atoms with van der Waals surface area (Å²) in [7, 11) is -3.63. The zero-order valence-electron chi connectivity index (χ0n) is 11.5. The summed E-state index contributed by atoms with van der Waals surface area (Å²) in [5.74, 6) is 0. The molecule has 0 spiro atoms. The first-order valence-electron chi connectivity index (χ1n) is 6.66. The van der Waals surface area contributed by atoms with E-state index in [1.54, 1.807) is 0 Å². The smallest absolute Gasteiger partial charge is 0.250 e. The van der Waals surface area contributed by atoms with Crippen LogP contribution in [0.15, 0.2) is 16.3 Å². The van der Waals surface area contributed by atoms with Crippen LogP contribution >= 0.6 is 34.5 Å². The van der Waals surface area contributed by atoms with Crippen molar-refractivity contribution in [3.8, 4) is 0 Å². The Morgan fingerprint density at radius 1 is 1.41 bits per heavy atom. The number of sulfonamides is 1. The van der Waals surface area contributed by atoms with Crippen molar-refractivity contribution in [1.82, 2.24) is 19.8 Å². The molecule has 3 heterocycles. The molecule has 0 radical (unpaired) electrons. The molecule has 0 saturated heterocycles. The lowest BCUT2D eigenvalue weighted by molar-refractivity contribution is 0.569. The number of nitrogens with zero attached hydrogens (tertiary/aromatic N) is 2. The summed E-state index contributed by atoms with van der Waals surface area (Å²) in [6.45, 7) is 2.68. The lowest BCUT2D eigenvalue weighted by Gasteiger charge is -2.02. The van der Waals surface area contributed by atoms with E-state index in [4.69, 9.17) is 23.2 Å². The normalized spacial score (nSPS) is 15.5. The minimum absolute atomic E-state index is 0.102. The van der Waals surface area contributed by atoms with Crippen molar-refractivity contribution in [2.75, 3.05) is 6.54 Å². The average Bonchev–Trinajstić information content (AvgIpc) is 2.94. The van der Waals surface area contributed by atoms with Crippen molar-refractivity contribution in [3.63, 3.8) is 0 Å². The highest BCUT2D eigenvalue weighted by atomic mass is 35.5. The first kappa shape index (κ1) is 16.2. The summed E-state index contributed by atoms with van der Waals surface area (Å²) in [6.07, 6.45) is 1.01. The number of nitrogens with one attached hydrogen (secondary N) is 2. The molecule has 0 atom stereocenters. The lowest BCUT2D eigenvalue weighted by atomic mass is 10.3. The second-order valence-electron chi connectivity index (χ2n) is 4.89. The number of aromatic nitrogens is 2. The van der Waals surface area contributed by atoms with Crippen molar-refractivity contribution >= 4 is 44.6 Å². The quantitative estimate of drug-likeness (QED) is 0.852. The van der Waals surface area contributed by atoms with Crippen molar-refractivity contribution < 1.29 is 8.42 Å². The highest BCUT2D eigenvalue weighted by Crippen LogP contribution is 2.34. The van der Waals surface area contributed by atoms with Gasteiger partial charge in [-0.05, 0) is 25.1 Å². The number of aryl methyl sites for hydroxylation is 1. The fourth-order valence-electron chi connectivity index (χ4n) is 2.21. The third kappa shape index (κ3) is 3.47. The highest BCUT2D eigenvalue weighted by Gasteiger charge is 2.20. The van der Waals surface area contributed by atoms with Crippen LogP contribution in [0.2, 0.25) is 9.36 Å². The van der Waals surface area contributed by atoms with Crippen LogP contribution in [0.1, 0.15) is 17.8 Å². The van der Waals surface area contributed by atoms with Gasteiger partial charge in [0, 0.05) is 13.1 Å². The zero-order valence-corrected chi connectivity index (χ0v) is 14.6. The summed E-state index contributed by atoms with van der Waals surface area (Å²) in [4.78, 5) is 0. The Morgan fingerprint density at radius 3 is 2.95 bits per heavy atom. The van der Waals surface area contributed by atoms with Gasteiger partial charge in [0.2, 0.25) is 0 Å². The van der Waals surface area contributed by atoms with E-state index >= 15 is 0 Å². The zero-order chi connectivity index (χ0) is 15.7. The van der Waals surface area contributed by atoms with Gasteiger partial charge < -0.3 is 5.32 Å². The Morgan fingerprint density at radius 2 is 2.23 bits per heavy atom. The molecule has 0 saturated carbocycles. The molecule has 0 unspecified atom stereocenters. The van der Waals surface area contributed by atoms with Gasteiger partial charge in [0.05, 0.1) is 23.0 Å². The van der Waals surface area contributed by atoms with Gasteiger partial charge in [-0.2, -0.15) is 5.10 Å². The molecule has 3 rings (SSSR count). The van der Waals surface area contributed by atoms with E-state index in [0.29, 0.717) is 5.69 Å².